The zero-order valence-corrected chi connectivity index (χ0v) is 14.5. The van der Waals surface area contributed by atoms with Crippen molar-refractivity contribution < 1.29 is 5.11 Å². The monoisotopic (exact) mass is 316 g/mol. The smallest absolute Gasteiger partial charge is 0.119 e. The highest BCUT2D eigenvalue weighted by molar-refractivity contribution is 5.53. The van der Waals surface area contributed by atoms with E-state index in [9.17, 15) is 5.11 Å². The topological polar surface area (TPSA) is 20.2 Å². The number of phenols is 1. The molecule has 0 aromatic heterocycles. The van der Waals surface area contributed by atoms with Gasteiger partial charge in [0.1, 0.15) is 5.75 Å². The van der Waals surface area contributed by atoms with E-state index in [1.807, 2.05) is 24.3 Å². The summed E-state index contributed by atoms with van der Waals surface area (Å²) < 4.78 is 0. The van der Waals surface area contributed by atoms with Gasteiger partial charge in [0.05, 0.1) is 0 Å². The third-order valence-electron chi connectivity index (χ3n) is 4.95. The Bertz CT molecular complexity index is 736. The standard InChI is InChI=1S/C23H24O/c1-16-14-15-21(24)23(18(3)20-12-8-5-9-13-20)22(16)17(2)19-10-6-4-7-11-19/h4-15,17-18,24H,1-3H3. The summed E-state index contributed by atoms with van der Waals surface area (Å²) in [5.41, 5.74) is 5.99. The van der Waals surface area contributed by atoms with Crippen molar-refractivity contribution in [1.82, 2.24) is 0 Å². The highest BCUT2D eigenvalue weighted by Crippen LogP contribution is 2.40. The average molecular weight is 316 g/mol. The fourth-order valence-electron chi connectivity index (χ4n) is 3.58. The van der Waals surface area contributed by atoms with Crippen LogP contribution >= 0.6 is 0 Å². The molecule has 0 aliphatic carbocycles. The van der Waals surface area contributed by atoms with Crippen molar-refractivity contribution in [1.29, 1.82) is 0 Å². The van der Waals surface area contributed by atoms with Gasteiger partial charge in [-0.25, -0.2) is 0 Å². The Morgan fingerprint density at radius 3 is 1.58 bits per heavy atom. The number of aromatic hydroxyl groups is 1. The van der Waals surface area contributed by atoms with Crippen molar-refractivity contribution in [3.05, 3.63) is 101 Å². The maximum Gasteiger partial charge on any atom is 0.119 e. The molecule has 0 spiro atoms. The van der Waals surface area contributed by atoms with E-state index in [4.69, 9.17) is 0 Å². The van der Waals surface area contributed by atoms with E-state index < -0.39 is 0 Å². The molecule has 0 aliphatic heterocycles. The molecule has 3 rings (SSSR count). The molecular formula is C23H24O. The molecule has 0 aliphatic rings. The van der Waals surface area contributed by atoms with E-state index in [1.54, 1.807) is 0 Å². The average Bonchev–Trinajstić information content (AvgIpc) is 2.63. The Labute approximate surface area is 144 Å². The van der Waals surface area contributed by atoms with Gasteiger partial charge in [0.25, 0.3) is 0 Å². The zero-order chi connectivity index (χ0) is 17.1. The normalized spacial score (nSPS) is 13.5. The Kier molecular flexibility index (Phi) is 4.71. The molecule has 3 aromatic carbocycles. The van der Waals surface area contributed by atoms with Crippen LogP contribution in [-0.2, 0) is 0 Å². The van der Waals surface area contributed by atoms with Crippen LogP contribution in [0.1, 0.15) is 53.5 Å². The van der Waals surface area contributed by atoms with Crippen LogP contribution in [0.5, 0.6) is 5.75 Å². The van der Waals surface area contributed by atoms with Gasteiger partial charge >= 0.3 is 0 Å². The molecule has 2 atom stereocenters. The van der Waals surface area contributed by atoms with Gasteiger partial charge < -0.3 is 5.11 Å². The number of benzene rings is 3. The van der Waals surface area contributed by atoms with Gasteiger partial charge in [-0.05, 0) is 35.2 Å². The summed E-state index contributed by atoms with van der Waals surface area (Å²) in [6.45, 7) is 6.53. The number of rotatable bonds is 4. The third kappa shape index (κ3) is 3.07. The minimum Gasteiger partial charge on any atom is -0.508 e. The van der Waals surface area contributed by atoms with Crippen LogP contribution in [0.4, 0.5) is 0 Å². The lowest BCUT2D eigenvalue weighted by atomic mass is 9.80. The first-order valence-corrected chi connectivity index (χ1v) is 8.52. The van der Waals surface area contributed by atoms with Crippen molar-refractivity contribution in [3.8, 4) is 5.75 Å². The first kappa shape index (κ1) is 16.3. The predicted octanol–water partition coefficient (Wildman–Crippen LogP) is 6.00. The Morgan fingerprint density at radius 1 is 0.625 bits per heavy atom. The van der Waals surface area contributed by atoms with Crippen LogP contribution < -0.4 is 0 Å². The van der Waals surface area contributed by atoms with Crippen LogP contribution in [-0.4, -0.2) is 5.11 Å². The molecule has 0 fully saturated rings. The molecular weight excluding hydrogens is 292 g/mol. The Balaban J connectivity index is 2.14. The van der Waals surface area contributed by atoms with E-state index in [-0.39, 0.29) is 11.8 Å². The molecule has 1 nitrogen and oxygen atoms in total. The molecule has 122 valence electrons. The molecule has 0 radical (unpaired) electrons. The summed E-state index contributed by atoms with van der Waals surface area (Å²) in [5, 5.41) is 10.6. The lowest BCUT2D eigenvalue weighted by molar-refractivity contribution is 0.464. The minimum absolute atomic E-state index is 0.146. The van der Waals surface area contributed by atoms with Gasteiger partial charge in [-0.1, -0.05) is 80.6 Å². The van der Waals surface area contributed by atoms with Gasteiger partial charge in [0.2, 0.25) is 0 Å². The van der Waals surface area contributed by atoms with Crippen LogP contribution in [0.15, 0.2) is 72.8 Å². The van der Waals surface area contributed by atoms with Crippen LogP contribution in [0, 0.1) is 6.92 Å². The van der Waals surface area contributed by atoms with Crippen molar-refractivity contribution in [2.75, 3.05) is 0 Å². The molecule has 1 heteroatoms. The van der Waals surface area contributed by atoms with Crippen LogP contribution in [0.3, 0.4) is 0 Å². The molecule has 0 bridgehead atoms. The second-order valence-electron chi connectivity index (χ2n) is 6.49. The Hall–Kier alpha value is -2.54. The summed E-state index contributed by atoms with van der Waals surface area (Å²) in [7, 11) is 0. The van der Waals surface area contributed by atoms with Crippen molar-refractivity contribution in [2.45, 2.75) is 32.6 Å². The SMILES string of the molecule is Cc1ccc(O)c(C(C)c2ccccc2)c1C(C)c1ccccc1. The second kappa shape index (κ2) is 6.92. The zero-order valence-electron chi connectivity index (χ0n) is 14.5. The quantitative estimate of drug-likeness (QED) is 0.625. The van der Waals surface area contributed by atoms with Gasteiger partial charge in [0.15, 0.2) is 0 Å². The van der Waals surface area contributed by atoms with Gasteiger partial charge in [-0.15, -0.1) is 0 Å². The largest absolute Gasteiger partial charge is 0.508 e. The summed E-state index contributed by atoms with van der Waals surface area (Å²) >= 11 is 0. The molecule has 0 amide bonds. The van der Waals surface area contributed by atoms with Gasteiger partial charge in [-0.2, -0.15) is 0 Å². The van der Waals surface area contributed by atoms with E-state index >= 15 is 0 Å². The summed E-state index contributed by atoms with van der Waals surface area (Å²) in [6.07, 6.45) is 0. The van der Waals surface area contributed by atoms with Crippen molar-refractivity contribution >= 4 is 0 Å². The first-order chi connectivity index (χ1) is 11.6. The van der Waals surface area contributed by atoms with Crippen molar-refractivity contribution in [3.63, 3.8) is 0 Å². The highest BCUT2D eigenvalue weighted by Gasteiger charge is 2.23. The number of phenolic OH excluding ortho intramolecular Hbond substituents is 1. The highest BCUT2D eigenvalue weighted by atomic mass is 16.3. The maximum absolute atomic E-state index is 10.6. The number of aryl methyl sites for hydroxylation is 1. The van der Waals surface area contributed by atoms with Gasteiger partial charge in [-0.3, -0.25) is 0 Å². The summed E-state index contributed by atoms with van der Waals surface area (Å²) in [4.78, 5) is 0. The molecule has 0 saturated heterocycles. The summed E-state index contributed by atoms with van der Waals surface area (Å²) in [6, 6.07) is 24.7. The fraction of sp³-hybridized carbons (Fsp3) is 0.217. The lowest BCUT2D eigenvalue weighted by Gasteiger charge is -2.25. The minimum atomic E-state index is 0.146. The van der Waals surface area contributed by atoms with Crippen LogP contribution in [0.2, 0.25) is 0 Å². The third-order valence-corrected chi connectivity index (χ3v) is 4.95. The molecule has 0 saturated carbocycles. The lowest BCUT2D eigenvalue weighted by Crippen LogP contribution is -2.08. The van der Waals surface area contributed by atoms with Crippen molar-refractivity contribution in [2.24, 2.45) is 0 Å². The second-order valence-corrected chi connectivity index (χ2v) is 6.49. The molecule has 3 aromatic rings. The Morgan fingerprint density at radius 2 is 1.08 bits per heavy atom. The molecule has 0 heterocycles. The molecule has 1 N–H and O–H groups in total. The summed E-state index contributed by atoms with van der Waals surface area (Å²) in [5.74, 6) is 0.765. The molecule has 2 unspecified atom stereocenters. The fourth-order valence-corrected chi connectivity index (χ4v) is 3.58. The predicted molar refractivity (Wildman–Crippen MR) is 101 cm³/mol. The van der Waals surface area contributed by atoms with E-state index in [0.717, 1.165) is 5.56 Å². The van der Waals surface area contributed by atoms with E-state index in [0.29, 0.717) is 5.75 Å². The maximum atomic E-state index is 10.6. The number of hydrogen-bond donors (Lipinski definition) is 1. The van der Waals surface area contributed by atoms with E-state index in [2.05, 4.69) is 69.3 Å². The van der Waals surface area contributed by atoms with Crippen LogP contribution in [0.25, 0.3) is 0 Å². The first-order valence-electron chi connectivity index (χ1n) is 8.52. The molecule has 24 heavy (non-hydrogen) atoms. The number of hydrogen-bond acceptors (Lipinski definition) is 1. The van der Waals surface area contributed by atoms with Gasteiger partial charge in [0, 0.05) is 17.4 Å². The van der Waals surface area contributed by atoms with E-state index in [1.165, 1.54) is 22.3 Å².